The zero-order valence-electron chi connectivity index (χ0n) is 10.0. The second-order valence-corrected chi connectivity index (χ2v) is 4.54. The van der Waals surface area contributed by atoms with Gasteiger partial charge in [-0.2, -0.15) is 0 Å². The van der Waals surface area contributed by atoms with E-state index in [0.29, 0.717) is 22.4 Å². The van der Waals surface area contributed by atoms with E-state index in [1.54, 1.807) is 25.3 Å². The molecule has 0 aliphatic heterocycles. The summed E-state index contributed by atoms with van der Waals surface area (Å²) in [5, 5.41) is 4.35. The Bertz CT molecular complexity index is 347. The van der Waals surface area contributed by atoms with Crippen LogP contribution in [0.1, 0.15) is 6.92 Å². The fourth-order valence-corrected chi connectivity index (χ4v) is 1.76. The molecule has 0 heterocycles. The molecule has 1 rings (SSSR count). The molecule has 0 saturated carbocycles. The lowest BCUT2D eigenvalue weighted by atomic mass is 10.3. The number of ether oxygens (including phenoxy) is 2. The zero-order chi connectivity index (χ0) is 12.7. The summed E-state index contributed by atoms with van der Waals surface area (Å²) < 4.78 is 10.6. The topological polar surface area (TPSA) is 30.5 Å². The lowest BCUT2D eigenvalue weighted by Crippen LogP contribution is -2.31. The van der Waals surface area contributed by atoms with Crippen LogP contribution in [0.25, 0.3) is 0 Å². The maximum atomic E-state index is 6.01. The van der Waals surface area contributed by atoms with Crippen LogP contribution < -0.4 is 10.1 Å². The Kier molecular flexibility index (Phi) is 6.66. The predicted octanol–water partition coefficient (Wildman–Crippen LogP) is 3.00. The van der Waals surface area contributed by atoms with Gasteiger partial charge in [-0.1, -0.05) is 23.2 Å². The normalized spacial score (nSPS) is 12.5. The second-order valence-electron chi connectivity index (χ2n) is 3.70. The summed E-state index contributed by atoms with van der Waals surface area (Å²) in [4.78, 5) is 0. The number of rotatable bonds is 7. The highest BCUT2D eigenvalue weighted by molar-refractivity contribution is 6.35. The Hall–Kier alpha value is -0.480. The van der Waals surface area contributed by atoms with Crippen molar-refractivity contribution in [1.82, 2.24) is 5.32 Å². The summed E-state index contributed by atoms with van der Waals surface area (Å²) in [5.74, 6) is 0.650. The van der Waals surface area contributed by atoms with E-state index in [1.807, 2.05) is 6.92 Å². The minimum Gasteiger partial charge on any atom is -0.488 e. The molecule has 0 aliphatic rings. The van der Waals surface area contributed by atoms with Crippen LogP contribution in [0.5, 0.6) is 5.75 Å². The summed E-state index contributed by atoms with van der Waals surface area (Å²) >= 11 is 11.8. The van der Waals surface area contributed by atoms with Crippen molar-refractivity contribution in [2.45, 2.75) is 13.0 Å². The molecule has 0 bridgehead atoms. The van der Waals surface area contributed by atoms with E-state index in [2.05, 4.69) is 5.32 Å². The van der Waals surface area contributed by atoms with Crippen LogP contribution in [0.15, 0.2) is 18.2 Å². The third-order valence-corrected chi connectivity index (χ3v) is 2.67. The van der Waals surface area contributed by atoms with Gasteiger partial charge in [-0.05, 0) is 25.1 Å². The minimum atomic E-state index is 0.0329. The number of methoxy groups -OCH3 is 1. The maximum Gasteiger partial charge on any atom is 0.138 e. The van der Waals surface area contributed by atoms with Gasteiger partial charge in [0.15, 0.2) is 0 Å². The molecule has 96 valence electrons. The van der Waals surface area contributed by atoms with Gasteiger partial charge in [-0.3, -0.25) is 0 Å². The Morgan fingerprint density at radius 3 is 2.76 bits per heavy atom. The molecule has 0 amide bonds. The average molecular weight is 278 g/mol. The van der Waals surface area contributed by atoms with Crippen molar-refractivity contribution in [3.05, 3.63) is 28.2 Å². The van der Waals surface area contributed by atoms with Crippen LogP contribution in [0.2, 0.25) is 10.0 Å². The molecule has 1 N–H and O–H groups in total. The average Bonchev–Trinajstić information content (AvgIpc) is 2.28. The van der Waals surface area contributed by atoms with Crippen LogP contribution in [0, 0.1) is 0 Å². The highest BCUT2D eigenvalue weighted by Gasteiger charge is 2.07. The largest absolute Gasteiger partial charge is 0.488 e. The fraction of sp³-hybridized carbons (Fsp3) is 0.500. The van der Waals surface area contributed by atoms with Crippen LogP contribution in [0.3, 0.4) is 0 Å². The van der Waals surface area contributed by atoms with E-state index in [1.165, 1.54) is 0 Å². The Labute approximate surface area is 112 Å². The fourth-order valence-electron chi connectivity index (χ4n) is 1.31. The lowest BCUT2D eigenvalue weighted by Gasteiger charge is -2.16. The standard InChI is InChI=1S/C12H17Cl2NO2/c1-9(8-15-5-6-16-2)17-12-4-3-10(13)7-11(12)14/h3-4,7,9,15H,5-6,8H2,1-2H3/t9-/m0/s1. The first-order valence-electron chi connectivity index (χ1n) is 5.45. The van der Waals surface area contributed by atoms with Crippen molar-refractivity contribution >= 4 is 23.2 Å². The monoisotopic (exact) mass is 277 g/mol. The molecule has 5 heteroatoms. The van der Waals surface area contributed by atoms with Gasteiger partial charge in [0.1, 0.15) is 11.9 Å². The number of nitrogens with one attached hydrogen (secondary N) is 1. The molecule has 1 aromatic carbocycles. The van der Waals surface area contributed by atoms with E-state index in [0.717, 1.165) is 13.1 Å². The summed E-state index contributed by atoms with van der Waals surface area (Å²) in [5.41, 5.74) is 0. The molecule has 0 fully saturated rings. The highest BCUT2D eigenvalue weighted by Crippen LogP contribution is 2.28. The Morgan fingerprint density at radius 2 is 2.12 bits per heavy atom. The molecule has 0 aliphatic carbocycles. The van der Waals surface area contributed by atoms with Crippen LogP contribution in [0.4, 0.5) is 0 Å². The lowest BCUT2D eigenvalue weighted by molar-refractivity contribution is 0.184. The molecule has 0 aromatic heterocycles. The molecule has 0 spiro atoms. The molecule has 1 aromatic rings. The number of hydrogen-bond donors (Lipinski definition) is 1. The van der Waals surface area contributed by atoms with Gasteiger partial charge in [-0.15, -0.1) is 0 Å². The third kappa shape index (κ3) is 5.59. The molecule has 3 nitrogen and oxygen atoms in total. The zero-order valence-corrected chi connectivity index (χ0v) is 11.5. The van der Waals surface area contributed by atoms with Crippen molar-refractivity contribution in [2.75, 3.05) is 26.8 Å². The summed E-state index contributed by atoms with van der Waals surface area (Å²) in [7, 11) is 1.68. The van der Waals surface area contributed by atoms with Gasteiger partial charge < -0.3 is 14.8 Å². The molecule has 0 radical (unpaired) electrons. The van der Waals surface area contributed by atoms with E-state index >= 15 is 0 Å². The predicted molar refractivity (Wildman–Crippen MR) is 71.3 cm³/mol. The summed E-state index contributed by atoms with van der Waals surface area (Å²) in [6.07, 6.45) is 0.0329. The van der Waals surface area contributed by atoms with Crippen molar-refractivity contribution in [2.24, 2.45) is 0 Å². The van der Waals surface area contributed by atoms with Gasteiger partial charge in [0.25, 0.3) is 0 Å². The summed E-state index contributed by atoms with van der Waals surface area (Å²) in [6, 6.07) is 5.20. The second kappa shape index (κ2) is 7.77. The number of benzene rings is 1. The molecular formula is C12H17Cl2NO2. The van der Waals surface area contributed by atoms with Gasteiger partial charge >= 0.3 is 0 Å². The number of hydrogen-bond acceptors (Lipinski definition) is 3. The number of halogens is 2. The van der Waals surface area contributed by atoms with E-state index in [9.17, 15) is 0 Å². The van der Waals surface area contributed by atoms with Crippen LogP contribution >= 0.6 is 23.2 Å². The van der Waals surface area contributed by atoms with Gasteiger partial charge in [-0.25, -0.2) is 0 Å². The highest BCUT2D eigenvalue weighted by atomic mass is 35.5. The van der Waals surface area contributed by atoms with Crippen molar-refractivity contribution < 1.29 is 9.47 Å². The van der Waals surface area contributed by atoms with Crippen molar-refractivity contribution in [3.8, 4) is 5.75 Å². The third-order valence-electron chi connectivity index (χ3n) is 2.14. The van der Waals surface area contributed by atoms with E-state index < -0.39 is 0 Å². The molecule has 0 saturated heterocycles. The smallest absolute Gasteiger partial charge is 0.138 e. The quantitative estimate of drug-likeness (QED) is 0.778. The first kappa shape index (κ1) is 14.6. The van der Waals surface area contributed by atoms with Crippen LogP contribution in [-0.2, 0) is 4.74 Å². The van der Waals surface area contributed by atoms with Crippen molar-refractivity contribution in [1.29, 1.82) is 0 Å². The van der Waals surface area contributed by atoms with Gasteiger partial charge in [0, 0.05) is 25.2 Å². The SMILES string of the molecule is COCCNC[C@H](C)Oc1ccc(Cl)cc1Cl. The molecular weight excluding hydrogens is 261 g/mol. The minimum absolute atomic E-state index is 0.0329. The Balaban J connectivity index is 2.37. The molecule has 0 unspecified atom stereocenters. The molecule has 17 heavy (non-hydrogen) atoms. The van der Waals surface area contributed by atoms with Gasteiger partial charge in [0.05, 0.1) is 11.6 Å². The maximum absolute atomic E-state index is 6.01. The molecule has 1 atom stereocenters. The van der Waals surface area contributed by atoms with E-state index in [4.69, 9.17) is 32.7 Å². The summed E-state index contributed by atoms with van der Waals surface area (Å²) in [6.45, 7) is 4.21. The van der Waals surface area contributed by atoms with Crippen molar-refractivity contribution in [3.63, 3.8) is 0 Å². The van der Waals surface area contributed by atoms with E-state index in [-0.39, 0.29) is 6.10 Å². The van der Waals surface area contributed by atoms with Crippen LogP contribution in [-0.4, -0.2) is 32.9 Å². The first-order chi connectivity index (χ1) is 8.13. The van der Waals surface area contributed by atoms with Gasteiger partial charge in [0.2, 0.25) is 0 Å². The Morgan fingerprint density at radius 1 is 1.35 bits per heavy atom. The first-order valence-corrected chi connectivity index (χ1v) is 6.20.